The lowest BCUT2D eigenvalue weighted by Gasteiger charge is -2.22. The van der Waals surface area contributed by atoms with Gasteiger partial charge in [-0.15, -0.1) is 0 Å². The molecule has 1 aliphatic heterocycles. The minimum atomic E-state index is 0. The minimum Gasteiger partial charge on any atom is -1.00 e. The molecule has 1 aromatic heterocycles. The molecule has 0 unspecified atom stereocenters. The Kier molecular flexibility index (Phi) is 8.17. The van der Waals surface area contributed by atoms with E-state index >= 15 is 0 Å². The van der Waals surface area contributed by atoms with E-state index in [9.17, 15) is 0 Å². The average Bonchev–Trinajstić information content (AvgIpc) is 2.90. The average molecular weight is 612 g/mol. The first-order valence-electron chi connectivity index (χ1n) is 12.5. The summed E-state index contributed by atoms with van der Waals surface area (Å²) >= 11 is 0. The molecular weight excluding hydrogens is 577 g/mol. The molecular formula is C31H34INO4. The normalized spacial score (nSPS) is 11.8. The smallest absolute Gasteiger partial charge is 0.216 e. The zero-order chi connectivity index (χ0) is 25.4. The number of halogens is 1. The zero-order valence-electron chi connectivity index (χ0n) is 22.4. The number of aryl methyl sites for hydroxylation is 5. The molecule has 0 spiro atoms. The van der Waals surface area contributed by atoms with Crippen molar-refractivity contribution in [3.63, 3.8) is 0 Å². The Hall–Kier alpha value is -3.00. The number of nitrogens with zero attached hydrogens (tertiary/aromatic N) is 1. The summed E-state index contributed by atoms with van der Waals surface area (Å²) in [5, 5.41) is 2.26. The molecule has 5 nitrogen and oxygen atoms in total. The molecule has 37 heavy (non-hydrogen) atoms. The van der Waals surface area contributed by atoms with Gasteiger partial charge in [0.05, 0.1) is 32.3 Å². The number of aromatic nitrogens is 1. The van der Waals surface area contributed by atoms with E-state index in [4.69, 9.17) is 18.9 Å². The molecule has 5 rings (SSSR count). The fourth-order valence-corrected chi connectivity index (χ4v) is 5.35. The Labute approximate surface area is 236 Å². The highest BCUT2D eigenvalue weighted by Gasteiger charge is 2.31. The number of benzene rings is 3. The molecule has 3 aromatic carbocycles. The van der Waals surface area contributed by atoms with E-state index in [2.05, 4.69) is 67.9 Å². The van der Waals surface area contributed by atoms with Crippen LogP contribution < -0.4 is 47.5 Å². The number of fused-ring (bicyclic) bond motifs is 4. The summed E-state index contributed by atoms with van der Waals surface area (Å²) in [4.78, 5) is 0. The van der Waals surface area contributed by atoms with Gasteiger partial charge >= 0.3 is 0 Å². The van der Waals surface area contributed by atoms with E-state index in [1.165, 1.54) is 44.5 Å². The second-order valence-corrected chi connectivity index (χ2v) is 9.39. The molecule has 0 amide bonds. The van der Waals surface area contributed by atoms with Gasteiger partial charge in [-0.1, -0.05) is 30.7 Å². The molecule has 0 N–H and O–H groups in total. The van der Waals surface area contributed by atoms with Gasteiger partial charge in [0.15, 0.2) is 35.7 Å². The molecule has 1 aliphatic rings. The fraction of sp³-hybridized carbons (Fsp3) is 0.323. The molecule has 0 aliphatic carbocycles. The number of hydrogen-bond donors (Lipinski definition) is 0. The molecule has 4 aromatic rings. The summed E-state index contributed by atoms with van der Waals surface area (Å²) in [5.74, 6) is 3.06. The Balaban J connectivity index is 0.00000320. The first-order valence-corrected chi connectivity index (χ1v) is 12.5. The topological polar surface area (TPSA) is 40.8 Å². The molecule has 0 saturated heterocycles. The lowest BCUT2D eigenvalue weighted by molar-refractivity contribution is -0.686. The lowest BCUT2D eigenvalue weighted by atomic mass is 9.90. The summed E-state index contributed by atoms with van der Waals surface area (Å²) in [6.45, 7) is 7.83. The van der Waals surface area contributed by atoms with Crippen molar-refractivity contribution < 1.29 is 47.5 Å². The van der Waals surface area contributed by atoms with Gasteiger partial charge in [0.1, 0.15) is 6.61 Å². The summed E-state index contributed by atoms with van der Waals surface area (Å²) in [6.07, 6.45) is 4.04. The van der Waals surface area contributed by atoms with E-state index < -0.39 is 0 Å². The molecule has 0 atom stereocenters. The van der Waals surface area contributed by atoms with Crippen molar-refractivity contribution >= 4 is 10.8 Å². The standard InChI is InChI=1S/C31H34NO4.HI/c1-7-23-24-10-11-27(33-4)31(36-18-22-14-19(2)8-9-20(22)3)26(24)17-32-13-12-21-15-28(34-5)29(35-6)16-25(21)30(23)32;/h8-11,14-17H,7,12-13,18H2,1-6H3;1H/q+1;/p-1. The maximum absolute atomic E-state index is 6.52. The van der Waals surface area contributed by atoms with Crippen LogP contribution in [-0.4, -0.2) is 21.3 Å². The van der Waals surface area contributed by atoms with Gasteiger partial charge in [0.25, 0.3) is 0 Å². The SMILES string of the molecule is CCc1c2[n+](cc3c(OCc4cc(C)ccc4C)c(OC)ccc13)CCc1cc(OC)c(OC)cc1-2.[I-]. The van der Waals surface area contributed by atoms with Gasteiger partial charge < -0.3 is 42.9 Å². The number of hydrogen-bond acceptors (Lipinski definition) is 4. The minimum absolute atomic E-state index is 0. The monoisotopic (exact) mass is 611 g/mol. The van der Waals surface area contributed by atoms with E-state index in [0.29, 0.717) is 6.61 Å². The predicted octanol–water partition coefficient (Wildman–Crippen LogP) is 3.14. The van der Waals surface area contributed by atoms with Gasteiger partial charge in [-0.2, -0.15) is 4.57 Å². The van der Waals surface area contributed by atoms with Crippen LogP contribution in [0.1, 0.15) is 34.7 Å². The van der Waals surface area contributed by atoms with Crippen molar-refractivity contribution in [3.8, 4) is 34.3 Å². The van der Waals surface area contributed by atoms with Crippen molar-refractivity contribution in [2.75, 3.05) is 21.3 Å². The Morgan fingerprint density at radius 3 is 2.27 bits per heavy atom. The Morgan fingerprint density at radius 1 is 0.838 bits per heavy atom. The first-order chi connectivity index (χ1) is 17.5. The third kappa shape index (κ3) is 4.83. The Bertz CT molecular complexity index is 1460. The molecule has 6 heteroatoms. The molecule has 0 bridgehead atoms. The lowest BCUT2D eigenvalue weighted by Crippen LogP contribution is -3.00. The first kappa shape index (κ1) is 27.0. The van der Waals surface area contributed by atoms with Crippen LogP contribution in [-0.2, 0) is 26.0 Å². The summed E-state index contributed by atoms with van der Waals surface area (Å²) < 4.78 is 25.9. The van der Waals surface area contributed by atoms with Crippen LogP contribution in [0.2, 0.25) is 0 Å². The Morgan fingerprint density at radius 2 is 1.57 bits per heavy atom. The van der Waals surface area contributed by atoms with Crippen LogP contribution in [0, 0.1) is 13.8 Å². The van der Waals surface area contributed by atoms with E-state index in [-0.39, 0.29) is 24.0 Å². The number of methoxy groups -OCH3 is 3. The highest BCUT2D eigenvalue weighted by atomic mass is 127. The van der Waals surface area contributed by atoms with E-state index in [0.717, 1.165) is 47.8 Å². The van der Waals surface area contributed by atoms with Gasteiger partial charge in [-0.05, 0) is 61.2 Å². The van der Waals surface area contributed by atoms with Crippen LogP contribution in [0.3, 0.4) is 0 Å². The molecule has 2 heterocycles. The summed E-state index contributed by atoms with van der Waals surface area (Å²) in [5.41, 5.74) is 8.64. The largest absolute Gasteiger partial charge is 1.00 e. The van der Waals surface area contributed by atoms with Crippen LogP contribution in [0.15, 0.2) is 48.7 Å². The van der Waals surface area contributed by atoms with Crippen molar-refractivity contribution in [2.45, 2.75) is 46.8 Å². The van der Waals surface area contributed by atoms with Crippen LogP contribution in [0.5, 0.6) is 23.0 Å². The van der Waals surface area contributed by atoms with E-state index in [1.807, 2.05) is 6.07 Å². The number of ether oxygens (including phenoxy) is 4. The third-order valence-electron chi connectivity index (χ3n) is 7.28. The summed E-state index contributed by atoms with van der Waals surface area (Å²) in [6, 6.07) is 14.9. The number of rotatable bonds is 7. The summed E-state index contributed by atoms with van der Waals surface area (Å²) in [7, 11) is 5.08. The second-order valence-electron chi connectivity index (χ2n) is 9.39. The van der Waals surface area contributed by atoms with Gasteiger partial charge in [-0.25, -0.2) is 0 Å². The van der Waals surface area contributed by atoms with Crippen molar-refractivity contribution in [3.05, 3.63) is 76.5 Å². The van der Waals surface area contributed by atoms with Crippen molar-refractivity contribution in [2.24, 2.45) is 0 Å². The molecule has 0 fully saturated rings. The van der Waals surface area contributed by atoms with Crippen LogP contribution in [0.25, 0.3) is 22.0 Å². The van der Waals surface area contributed by atoms with Crippen molar-refractivity contribution in [1.82, 2.24) is 0 Å². The van der Waals surface area contributed by atoms with Crippen molar-refractivity contribution in [1.29, 1.82) is 0 Å². The third-order valence-corrected chi connectivity index (χ3v) is 7.28. The highest BCUT2D eigenvalue weighted by molar-refractivity contribution is 5.95. The van der Waals surface area contributed by atoms with Crippen LogP contribution >= 0.6 is 0 Å². The quantitative estimate of drug-likeness (QED) is 0.238. The number of pyridine rings is 1. The van der Waals surface area contributed by atoms with Gasteiger partial charge in [-0.3, -0.25) is 0 Å². The maximum Gasteiger partial charge on any atom is 0.216 e. The van der Waals surface area contributed by atoms with Gasteiger partial charge in [0, 0.05) is 17.4 Å². The van der Waals surface area contributed by atoms with Crippen LogP contribution in [0.4, 0.5) is 0 Å². The fourth-order valence-electron chi connectivity index (χ4n) is 5.35. The highest BCUT2D eigenvalue weighted by Crippen LogP contribution is 2.42. The molecule has 0 radical (unpaired) electrons. The molecule has 0 saturated carbocycles. The van der Waals surface area contributed by atoms with Gasteiger partial charge in [0.2, 0.25) is 5.69 Å². The molecule has 194 valence electrons. The van der Waals surface area contributed by atoms with E-state index in [1.54, 1.807) is 21.3 Å². The predicted molar refractivity (Wildman–Crippen MR) is 143 cm³/mol. The second kappa shape index (κ2) is 11.2. The maximum atomic E-state index is 6.52. The zero-order valence-corrected chi connectivity index (χ0v) is 24.6.